The summed E-state index contributed by atoms with van der Waals surface area (Å²) >= 11 is 0. The summed E-state index contributed by atoms with van der Waals surface area (Å²) in [4.78, 5) is 0. The minimum absolute atomic E-state index is 0.256. The Morgan fingerprint density at radius 3 is 2.94 bits per heavy atom. The van der Waals surface area contributed by atoms with Gasteiger partial charge in [0.05, 0.1) is 17.7 Å². The van der Waals surface area contributed by atoms with E-state index in [9.17, 15) is 4.39 Å². The van der Waals surface area contributed by atoms with E-state index in [1.54, 1.807) is 25.7 Å². The van der Waals surface area contributed by atoms with Crippen LogP contribution < -0.4 is 5.46 Å². The third-order valence-electron chi connectivity index (χ3n) is 2.98. The predicted octanol–water partition coefficient (Wildman–Crippen LogP) is 2.06. The molecule has 2 nitrogen and oxygen atoms in total. The second-order valence-electron chi connectivity index (χ2n) is 4.14. The maximum Gasteiger partial charge on any atom is 0.331 e. The highest BCUT2D eigenvalue weighted by atomic mass is 19.1. The van der Waals surface area contributed by atoms with E-state index in [2.05, 4.69) is 6.07 Å². The Morgan fingerprint density at radius 2 is 2.11 bits per heavy atom. The van der Waals surface area contributed by atoms with Gasteiger partial charge in [-0.05, 0) is 40.9 Å². The third kappa shape index (κ3) is 1.79. The average Bonchev–Trinajstić information content (AvgIpc) is 2.81. The summed E-state index contributed by atoms with van der Waals surface area (Å²) in [6.45, 7) is 0. The number of nitrogens with zero attached hydrogens (tertiary/aromatic N) is 1. The van der Waals surface area contributed by atoms with Crippen molar-refractivity contribution in [3.8, 4) is 6.07 Å². The Labute approximate surface area is 105 Å². The molecule has 2 aromatic rings. The predicted molar refractivity (Wildman–Crippen MR) is 65.9 cm³/mol. The highest BCUT2D eigenvalue weighted by Gasteiger charge is 2.26. The van der Waals surface area contributed by atoms with Crippen molar-refractivity contribution in [1.29, 1.82) is 5.26 Å². The monoisotopic (exact) mass is 236 g/mol. The second kappa shape index (κ2) is 4.28. The van der Waals surface area contributed by atoms with Gasteiger partial charge < -0.3 is 4.65 Å². The molecule has 1 aliphatic heterocycles. The lowest BCUT2D eigenvalue weighted by Gasteiger charge is -2.12. The van der Waals surface area contributed by atoms with Crippen LogP contribution >= 0.6 is 0 Å². The summed E-state index contributed by atoms with van der Waals surface area (Å²) in [5.74, 6) is -0.278. The number of hydrogen-bond donors (Lipinski definition) is 0. The van der Waals surface area contributed by atoms with Gasteiger partial charge in [0, 0.05) is 0 Å². The topological polar surface area (TPSA) is 33.0 Å². The molecule has 0 saturated carbocycles. The van der Waals surface area contributed by atoms with Crippen molar-refractivity contribution in [3.63, 3.8) is 0 Å². The summed E-state index contributed by atoms with van der Waals surface area (Å²) in [5.41, 5.74) is 3.16. The van der Waals surface area contributed by atoms with Crippen LogP contribution in [0.1, 0.15) is 22.8 Å². The van der Waals surface area contributed by atoms with Crippen LogP contribution in [0.3, 0.4) is 0 Å². The number of nitriles is 1. The quantitative estimate of drug-likeness (QED) is 0.710. The van der Waals surface area contributed by atoms with Crippen molar-refractivity contribution in [2.45, 2.75) is 6.10 Å². The number of halogens is 1. The molecule has 0 aliphatic carbocycles. The number of hydrogen-bond acceptors (Lipinski definition) is 2. The van der Waals surface area contributed by atoms with Crippen LogP contribution in [0.4, 0.5) is 4.39 Å². The molecule has 85 valence electrons. The largest absolute Gasteiger partial charge is 0.424 e. The first-order valence-corrected chi connectivity index (χ1v) is 5.56. The van der Waals surface area contributed by atoms with Crippen molar-refractivity contribution in [2.24, 2.45) is 0 Å². The molecule has 1 unspecified atom stereocenters. The molecule has 1 radical (unpaired) electrons. The van der Waals surface area contributed by atoms with Gasteiger partial charge in [0.25, 0.3) is 0 Å². The summed E-state index contributed by atoms with van der Waals surface area (Å²) in [6.07, 6.45) is -0.256. The van der Waals surface area contributed by atoms with Crippen molar-refractivity contribution < 1.29 is 9.04 Å². The lowest BCUT2D eigenvalue weighted by Crippen LogP contribution is -2.11. The fourth-order valence-electron chi connectivity index (χ4n) is 2.13. The van der Waals surface area contributed by atoms with E-state index in [0.29, 0.717) is 5.56 Å². The van der Waals surface area contributed by atoms with Gasteiger partial charge in [-0.25, -0.2) is 4.39 Å². The van der Waals surface area contributed by atoms with Crippen LogP contribution in [-0.2, 0) is 4.65 Å². The van der Waals surface area contributed by atoms with Gasteiger partial charge in [-0.1, -0.05) is 18.2 Å². The fourth-order valence-corrected chi connectivity index (χ4v) is 2.13. The van der Waals surface area contributed by atoms with E-state index in [0.717, 1.165) is 16.6 Å². The Hall–Kier alpha value is -2.12. The van der Waals surface area contributed by atoms with E-state index in [1.807, 2.05) is 12.1 Å². The van der Waals surface area contributed by atoms with Gasteiger partial charge in [-0.2, -0.15) is 5.26 Å². The number of fused-ring (bicyclic) bond motifs is 1. The van der Waals surface area contributed by atoms with Crippen LogP contribution in [0, 0.1) is 17.1 Å². The maximum absolute atomic E-state index is 13.1. The van der Waals surface area contributed by atoms with Crippen LogP contribution in [-0.4, -0.2) is 7.48 Å². The van der Waals surface area contributed by atoms with E-state index in [1.165, 1.54) is 12.1 Å². The maximum atomic E-state index is 13.1. The Bertz CT molecular complexity index is 650. The van der Waals surface area contributed by atoms with Crippen LogP contribution in [0.5, 0.6) is 0 Å². The lowest BCUT2D eigenvalue weighted by atomic mass is 9.86. The summed E-state index contributed by atoms with van der Waals surface area (Å²) < 4.78 is 18.7. The minimum atomic E-state index is -0.278. The van der Waals surface area contributed by atoms with Crippen molar-refractivity contribution in [3.05, 3.63) is 65.0 Å². The van der Waals surface area contributed by atoms with Gasteiger partial charge >= 0.3 is 7.48 Å². The molecule has 1 heterocycles. The van der Waals surface area contributed by atoms with Gasteiger partial charge in [-0.15, -0.1) is 0 Å². The SMILES string of the molecule is N#Cc1cccc(C2O[B]c3cc(F)ccc32)c1. The lowest BCUT2D eigenvalue weighted by molar-refractivity contribution is 0.280. The van der Waals surface area contributed by atoms with E-state index >= 15 is 0 Å². The molecular weight excluding hydrogens is 228 g/mol. The first kappa shape index (κ1) is 11.0. The first-order chi connectivity index (χ1) is 8.78. The normalized spacial score (nSPS) is 16.8. The van der Waals surface area contributed by atoms with Gasteiger partial charge in [0.2, 0.25) is 0 Å². The molecule has 3 rings (SSSR count). The molecule has 0 saturated heterocycles. The van der Waals surface area contributed by atoms with Crippen LogP contribution in [0.2, 0.25) is 0 Å². The zero-order valence-corrected chi connectivity index (χ0v) is 9.43. The Morgan fingerprint density at radius 1 is 1.22 bits per heavy atom. The molecule has 0 bridgehead atoms. The molecule has 18 heavy (non-hydrogen) atoms. The molecule has 1 atom stereocenters. The standard InChI is InChI=1S/C14H8BFNO/c16-11-4-5-12-13(7-11)15-18-14(12)10-3-1-2-9(6-10)8-17/h1-7,14H. The number of rotatable bonds is 1. The van der Waals surface area contributed by atoms with Crippen molar-refractivity contribution in [1.82, 2.24) is 0 Å². The Kier molecular flexibility index (Phi) is 2.62. The highest BCUT2D eigenvalue weighted by molar-refractivity contribution is 6.49. The smallest absolute Gasteiger partial charge is 0.331 e. The number of benzene rings is 2. The second-order valence-corrected chi connectivity index (χ2v) is 4.14. The highest BCUT2D eigenvalue weighted by Crippen LogP contribution is 2.28. The van der Waals surface area contributed by atoms with Gasteiger partial charge in [0.15, 0.2) is 0 Å². The molecule has 0 aromatic heterocycles. The third-order valence-corrected chi connectivity index (χ3v) is 2.98. The molecule has 0 amide bonds. The van der Waals surface area contributed by atoms with Crippen molar-refractivity contribution in [2.75, 3.05) is 0 Å². The molecular formula is C14H8BFNO. The average molecular weight is 236 g/mol. The Balaban J connectivity index is 2.03. The van der Waals surface area contributed by atoms with E-state index in [-0.39, 0.29) is 11.9 Å². The minimum Gasteiger partial charge on any atom is -0.424 e. The molecule has 2 aromatic carbocycles. The zero-order chi connectivity index (χ0) is 12.5. The first-order valence-electron chi connectivity index (χ1n) is 5.56. The van der Waals surface area contributed by atoms with Crippen LogP contribution in [0.25, 0.3) is 0 Å². The van der Waals surface area contributed by atoms with Gasteiger partial charge in [0.1, 0.15) is 5.82 Å². The molecule has 1 aliphatic rings. The van der Waals surface area contributed by atoms with Gasteiger partial charge in [-0.3, -0.25) is 0 Å². The van der Waals surface area contributed by atoms with Crippen LogP contribution in [0.15, 0.2) is 42.5 Å². The summed E-state index contributed by atoms with van der Waals surface area (Å²) in [6, 6.07) is 13.9. The summed E-state index contributed by atoms with van der Waals surface area (Å²) in [7, 11) is 1.56. The summed E-state index contributed by atoms with van der Waals surface area (Å²) in [5, 5.41) is 8.89. The molecule has 0 fully saturated rings. The van der Waals surface area contributed by atoms with E-state index in [4.69, 9.17) is 9.92 Å². The van der Waals surface area contributed by atoms with Crippen molar-refractivity contribution >= 4 is 12.9 Å². The molecule has 4 heteroatoms. The zero-order valence-electron chi connectivity index (χ0n) is 9.43. The fraction of sp³-hybridized carbons (Fsp3) is 0.0714. The molecule has 0 spiro atoms. The molecule has 0 N–H and O–H groups in total. The van der Waals surface area contributed by atoms with E-state index < -0.39 is 0 Å².